The second kappa shape index (κ2) is 26.1. The molecule has 2 heterocycles. The molecule has 0 spiro atoms. The maximum absolute atomic E-state index is 12.7. The lowest BCUT2D eigenvalue weighted by Crippen LogP contribution is -2.49. The van der Waals surface area contributed by atoms with Crippen LogP contribution in [-0.2, 0) is 36.8 Å². The van der Waals surface area contributed by atoms with Crippen molar-refractivity contribution in [3.63, 3.8) is 0 Å². The van der Waals surface area contributed by atoms with Crippen LogP contribution in [0.4, 0.5) is 4.79 Å². The van der Waals surface area contributed by atoms with Crippen LogP contribution < -0.4 is 10.6 Å². The SMILES string of the molecule is COC(=O)[C@H](CNC(=O)OC(C)(C)C)NC(=O)c1ccc(C#C/C=C\c2ccc(CN3CCOCC3)cc2)cc1.O=C(O)c1ccc(C#C/C=C\c2ccc(CN3CCOCC3)cc2)cc1. The van der Waals surface area contributed by atoms with Gasteiger partial charge in [0.2, 0.25) is 0 Å². The molecule has 0 aliphatic carbocycles. The maximum Gasteiger partial charge on any atom is 0.407 e. The largest absolute Gasteiger partial charge is 0.478 e. The molecule has 2 saturated heterocycles. The molecule has 0 aromatic heterocycles. The number of nitrogens with zero attached hydrogens (tertiary/aromatic N) is 2. The van der Waals surface area contributed by atoms with Gasteiger partial charge in [0.1, 0.15) is 11.6 Å². The van der Waals surface area contributed by atoms with Crippen LogP contribution in [0.25, 0.3) is 12.2 Å². The van der Waals surface area contributed by atoms with Gasteiger partial charge in [-0.2, -0.15) is 0 Å². The fourth-order valence-electron chi connectivity index (χ4n) is 6.51. The van der Waals surface area contributed by atoms with Crippen LogP contribution >= 0.6 is 0 Å². The first kappa shape index (κ1) is 50.0. The second-order valence-electron chi connectivity index (χ2n) is 16.4. The quantitative estimate of drug-likeness (QED) is 0.103. The number of nitrogens with one attached hydrogen (secondary N) is 2. The van der Waals surface area contributed by atoms with Crippen LogP contribution in [0.15, 0.2) is 109 Å². The van der Waals surface area contributed by atoms with Gasteiger partial charge >= 0.3 is 18.0 Å². The zero-order valence-corrected chi connectivity index (χ0v) is 38.0. The number of hydrogen-bond donors (Lipinski definition) is 3. The van der Waals surface area contributed by atoms with E-state index in [0.717, 1.165) is 87.9 Å². The number of carboxylic acid groups (broad SMARTS) is 1. The number of rotatable bonds is 12. The summed E-state index contributed by atoms with van der Waals surface area (Å²) in [6.45, 7) is 14.0. The molecule has 3 N–H and O–H groups in total. The predicted molar refractivity (Wildman–Crippen MR) is 254 cm³/mol. The molecule has 0 unspecified atom stereocenters. The number of methoxy groups -OCH3 is 1. The highest BCUT2D eigenvalue weighted by atomic mass is 16.6. The lowest BCUT2D eigenvalue weighted by Gasteiger charge is -2.26. The van der Waals surface area contributed by atoms with E-state index >= 15 is 0 Å². The monoisotopic (exact) mass is 894 g/mol. The lowest BCUT2D eigenvalue weighted by atomic mass is 10.1. The first-order valence-corrected chi connectivity index (χ1v) is 21.8. The minimum atomic E-state index is -1.08. The first-order valence-electron chi connectivity index (χ1n) is 21.8. The Morgan fingerprint density at radius 2 is 1.12 bits per heavy atom. The molecule has 2 fully saturated rings. The molecule has 13 heteroatoms. The number of carbonyl (C=O) groups excluding carboxylic acids is 3. The first-order chi connectivity index (χ1) is 31.8. The Morgan fingerprint density at radius 1 is 0.682 bits per heavy atom. The average molecular weight is 895 g/mol. The zero-order valence-electron chi connectivity index (χ0n) is 38.0. The Hall–Kier alpha value is -7.00. The normalized spacial score (nSPS) is 14.6. The Morgan fingerprint density at radius 3 is 1.53 bits per heavy atom. The van der Waals surface area contributed by atoms with E-state index in [1.807, 2.05) is 18.2 Å². The number of morpholine rings is 2. The summed E-state index contributed by atoms with van der Waals surface area (Å²) in [5.74, 6) is 9.92. The van der Waals surface area contributed by atoms with Crippen LogP contribution in [0.5, 0.6) is 0 Å². The average Bonchev–Trinajstić information content (AvgIpc) is 3.32. The van der Waals surface area contributed by atoms with Crippen LogP contribution in [0.1, 0.15) is 74.9 Å². The highest BCUT2D eigenvalue weighted by molar-refractivity contribution is 5.97. The number of alkyl carbamates (subject to hydrolysis) is 1. The third kappa shape index (κ3) is 18.2. The maximum atomic E-state index is 12.7. The summed E-state index contributed by atoms with van der Waals surface area (Å²) < 4.78 is 20.7. The number of carboxylic acids is 1. The van der Waals surface area contributed by atoms with E-state index in [2.05, 4.69) is 92.6 Å². The van der Waals surface area contributed by atoms with Crippen molar-refractivity contribution in [2.24, 2.45) is 0 Å². The van der Waals surface area contributed by atoms with Crippen LogP contribution in [0, 0.1) is 23.7 Å². The van der Waals surface area contributed by atoms with Crippen molar-refractivity contribution < 1.29 is 43.2 Å². The molecule has 6 rings (SSSR count). The molecule has 66 heavy (non-hydrogen) atoms. The van der Waals surface area contributed by atoms with Crippen molar-refractivity contribution in [3.8, 4) is 23.7 Å². The van der Waals surface area contributed by atoms with E-state index in [4.69, 9.17) is 24.1 Å². The molecule has 13 nitrogen and oxygen atoms in total. The molecule has 0 saturated carbocycles. The van der Waals surface area contributed by atoms with Gasteiger partial charge < -0.3 is 34.7 Å². The van der Waals surface area contributed by atoms with Gasteiger partial charge in [0, 0.05) is 56.0 Å². The van der Waals surface area contributed by atoms with Gasteiger partial charge in [-0.05, 0) is 116 Å². The van der Waals surface area contributed by atoms with E-state index in [-0.39, 0.29) is 12.1 Å². The number of allylic oxidation sites excluding steroid dienone is 2. The van der Waals surface area contributed by atoms with Gasteiger partial charge in [0.05, 0.1) is 45.6 Å². The Labute approximate surface area is 387 Å². The highest BCUT2D eigenvalue weighted by Crippen LogP contribution is 2.13. The van der Waals surface area contributed by atoms with Gasteiger partial charge in [0.15, 0.2) is 0 Å². The number of ether oxygens (including phenoxy) is 4. The lowest BCUT2D eigenvalue weighted by molar-refractivity contribution is -0.142. The number of esters is 1. The number of benzene rings is 4. The molecular formula is C53H58N4O9. The number of aromatic carboxylic acids is 1. The minimum absolute atomic E-state index is 0.181. The summed E-state index contributed by atoms with van der Waals surface area (Å²) in [7, 11) is 1.21. The van der Waals surface area contributed by atoms with Gasteiger partial charge in [-0.25, -0.2) is 14.4 Å². The molecule has 1 atom stereocenters. The van der Waals surface area contributed by atoms with Gasteiger partial charge in [-0.1, -0.05) is 72.2 Å². The van der Waals surface area contributed by atoms with Crippen molar-refractivity contribution in [2.75, 3.05) is 66.3 Å². The molecule has 2 amide bonds. The summed E-state index contributed by atoms with van der Waals surface area (Å²) in [6, 6.07) is 29.0. The molecular weight excluding hydrogens is 837 g/mol. The number of carbonyl (C=O) groups is 4. The Balaban J connectivity index is 0.000000270. The number of hydrogen-bond acceptors (Lipinski definition) is 10. The van der Waals surface area contributed by atoms with E-state index in [9.17, 15) is 19.2 Å². The van der Waals surface area contributed by atoms with Gasteiger partial charge in [0.25, 0.3) is 5.91 Å². The summed E-state index contributed by atoms with van der Waals surface area (Å²) in [5.41, 5.74) is 6.18. The Bertz CT molecular complexity index is 2390. The number of amides is 2. The molecule has 0 bridgehead atoms. The molecule has 344 valence electrons. The van der Waals surface area contributed by atoms with Crippen LogP contribution in [0.2, 0.25) is 0 Å². The molecule has 0 radical (unpaired) electrons. The summed E-state index contributed by atoms with van der Waals surface area (Å²) in [5, 5.41) is 13.9. The van der Waals surface area contributed by atoms with Gasteiger partial charge in [-0.15, -0.1) is 0 Å². The van der Waals surface area contributed by atoms with Crippen molar-refractivity contribution >= 4 is 36.1 Å². The van der Waals surface area contributed by atoms with Crippen molar-refractivity contribution in [2.45, 2.75) is 45.5 Å². The van der Waals surface area contributed by atoms with Crippen LogP contribution in [0.3, 0.4) is 0 Å². The van der Waals surface area contributed by atoms with E-state index < -0.39 is 35.6 Å². The molecule has 2 aliphatic heterocycles. The molecule has 4 aromatic carbocycles. The standard InChI is InChI=1S/C31H37N3O6.C22H21NO3/c1-31(2,3)40-30(37)32-21-27(29(36)38-4)33-28(35)26-15-13-24(14-16-26)8-6-5-7-23-9-11-25(12-10-23)22-34-17-19-39-20-18-34;24-22(25)21-11-9-19(10-12-21)4-2-1-3-18-5-7-20(8-6-18)17-23-13-15-26-16-14-23/h5,7,9-16,27H,17-22H2,1-4H3,(H,32,37)(H,33,35);1,3,5-12H,13-17H2,(H,24,25)/b7-5-;3-1-/t27-;/m0./s1. The molecule has 2 aliphatic rings. The molecule has 4 aromatic rings. The summed E-state index contributed by atoms with van der Waals surface area (Å²) in [4.78, 5) is 52.3. The second-order valence-corrected chi connectivity index (χ2v) is 16.4. The van der Waals surface area contributed by atoms with Crippen molar-refractivity contribution in [1.82, 2.24) is 20.4 Å². The third-order valence-corrected chi connectivity index (χ3v) is 10.0. The van der Waals surface area contributed by atoms with Crippen molar-refractivity contribution in [1.29, 1.82) is 0 Å². The van der Waals surface area contributed by atoms with Gasteiger partial charge in [-0.3, -0.25) is 14.6 Å². The van der Waals surface area contributed by atoms with E-state index in [1.54, 1.807) is 75.4 Å². The summed E-state index contributed by atoms with van der Waals surface area (Å²) >= 11 is 0. The predicted octanol–water partition coefficient (Wildman–Crippen LogP) is 6.66. The van der Waals surface area contributed by atoms with Crippen molar-refractivity contribution in [3.05, 3.63) is 154 Å². The highest BCUT2D eigenvalue weighted by Gasteiger charge is 2.24. The summed E-state index contributed by atoms with van der Waals surface area (Å²) in [6.07, 6.45) is 6.81. The topological polar surface area (TPSA) is 156 Å². The smallest absolute Gasteiger partial charge is 0.407 e. The van der Waals surface area contributed by atoms with Crippen LogP contribution in [-0.4, -0.2) is 117 Å². The van der Waals surface area contributed by atoms with E-state index in [1.165, 1.54) is 18.2 Å². The fraction of sp³-hybridized carbons (Fsp3) is 0.321. The minimum Gasteiger partial charge on any atom is -0.478 e. The van der Waals surface area contributed by atoms with E-state index in [0.29, 0.717) is 5.56 Å². The zero-order chi connectivity index (χ0) is 47.2. The Kier molecular flexibility index (Phi) is 19.8. The fourth-order valence-corrected chi connectivity index (χ4v) is 6.51. The third-order valence-electron chi connectivity index (χ3n) is 10.0.